The van der Waals surface area contributed by atoms with Gasteiger partial charge in [0.2, 0.25) is 5.95 Å². The van der Waals surface area contributed by atoms with Crippen molar-refractivity contribution in [3.05, 3.63) is 22.1 Å². The van der Waals surface area contributed by atoms with Gasteiger partial charge >= 0.3 is 0 Å². The molecule has 2 aromatic rings. The van der Waals surface area contributed by atoms with Crippen LogP contribution >= 0.6 is 27.5 Å². The Morgan fingerprint density at radius 2 is 2.27 bits per heavy atom. The maximum atomic E-state index is 5.73. The zero-order chi connectivity index (χ0) is 10.8. The number of aryl methyl sites for hydroxylation is 2. The maximum absolute atomic E-state index is 5.73. The molecule has 80 valence electrons. The van der Waals surface area contributed by atoms with Crippen molar-refractivity contribution in [3.8, 4) is 0 Å². The molecule has 0 saturated heterocycles. The topological polar surface area (TPSA) is 74.5 Å². The third-order valence-corrected chi connectivity index (χ3v) is 2.57. The van der Waals surface area contributed by atoms with Crippen LogP contribution in [0.3, 0.4) is 0 Å². The Morgan fingerprint density at radius 3 is 2.80 bits per heavy atom. The van der Waals surface area contributed by atoms with Gasteiger partial charge in [-0.1, -0.05) is 11.6 Å². The van der Waals surface area contributed by atoms with Crippen LogP contribution in [0.15, 0.2) is 17.1 Å². The molecule has 0 amide bonds. The fraction of sp³-hybridized carbons (Fsp3) is 0.286. The largest absolute Gasteiger partial charge is 0.366 e. The van der Waals surface area contributed by atoms with E-state index in [1.807, 2.05) is 0 Å². The first-order valence-electron chi connectivity index (χ1n) is 4.19. The summed E-state index contributed by atoms with van der Waals surface area (Å²) in [4.78, 5) is 3.92. The highest BCUT2D eigenvalue weighted by atomic mass is 79.9. The minimum atomic E-state index is 0.250. The van der Waals surface area contributed by atoms with Gasteiger partial charge in [0.25, 0.3) is 0 Å². The highest BCUT2D eigenvalue weighted by Gasteiger charge is 2.04. The highest BCUT2D eigenvalue weighted by Crippen LogP contribution is 2.09. The second-order valence-electron chi connectivity index (χ2n) is 2.88. The first kappa shape index (κ1) is 10.4. The summed E-state index contributed by atoms with van der Waals surface area (Å²) >= 11 is 8.98. The van der Waals surface area contributed by atoms with E-state index in [-0.39, 0.29) is 5.95 Å². The van der Waals surface area contributed by atoms with Crippen molar-refractivity contribution in [3.63, 3.8) is 0 Å². The van der Waals surface area contributed by atoms with E-state index < -0.39 is 0 Å². The van der Waals surface area contributed by atoms with Crippen LogP contribution in [-0.4, -0.2) is 24.5 Å². The molecule has 15 heavy (non-hydrogen) atoms. The number of rotatable bonds is 3. The molecule has 2 heterocycles. The van der Waals surface area contributed by atoms with E-state index in [0.29, 0.717) is 22.8 Å². The van der Waals surface area contributed by atoms with Crippen molar-refractivity contribution < 1.29 is 0 Å². The van der Waals surface area contributed by atoms with E-state index in [2.05, 4.69) is 31.1 Å². The zero-order valence-electron chi connectivity index (χ0n) is 7.64. The van der Waals surface area contributed by atoms with Gasteiger partial charge in [0.05, 0.1) is 24.3 Å². The van der Waals surface area contributed by atoms with Gasteiger partial charge in [-0.05, 0) is 15.9 Å². The molecule has 0 bridgehead atoms. The molecule has 2 N–H and O–H groups in total. The normalized spacial score (nSPS) is 10.8. The smallest absolute Gasteiger partial charge is 0.240 e. The van der Waals surface area contributed by atoms with E-state index in [4.69, 9.17) is 17.3 Å². The first-order chi connectivity index (χ1) is 7.15. The van der Waals surface area contributed by atoms with Crippen LogP contribution in [0.2, 0.25) is 5.02 Å². The number of hydrogen-bond acceptors (Lipinski definition) is 4. The van der Waals surface area contributed by atoms with Crippen molar-refractivity contribution in [1.29, 1.82) is 0 Å². The van der Waals surface area contributed by atoms with Gasteiger partial charge in [-0.3, -0.25) is 4.68 Å². The fourth-order valence-electron chi connectivity index (χ4n) is 1.14. The first-order valence-corrected chi connectivity index (χ1v) is 5.36. The molecular weight excluding hydrogens is 283 g/mol. The Balaban J connectivity index is 2.01. The Bertz CT molecular complexity index is 464. The lowest BCUT2D eigenvalue weighted by atomic mass is 10.6. The molecular formula is C7H8BrClN6. The summed E-state index contributed by atoms with van der Waals surface area (Å²) in [6.45, 7) is 1.29. The predicted molar refractivity (Wildman–Crippen MR) is 59.4 cm³/mol. The van der Waals surface area contributed by atoms with Crippen LogP contribution in [0.5, 0.6) is 0 Å². The van der Waals surface area contributed by atoms with Crippen LogP contribution in [0.25, 0.3) is 0 Å². The molecule has 0 radical (unpaired) electrons. The van der Waals surface area contributed by atoms with Crippen molar-refractivity contribution >= 4 is 33.5 Å². The highest BCUT2D eigenvalue weighted by molar-refractivity contribution is 9.10. The lowest BCUT2D eigenvalue weighted by molar-refractivity contribution is 0.493. The van der Waals surface area contributed by atoms with Gasteiger partial charge in [0.15, 0.2) is 4.73 Å². The second-order valence-corrected chi connectivity index (χ2v) is 4.03. The minimum Gasteiger partial charge on any atom is -0.366 e. The van der Waals surface area contributed by atoms with Crippen molar-refractivity contribution in [2.75, 3.05) is 5.73 Å². The number of nitrogen functional groups attached to an aromatic ring is 1. The quantitative estimate of drug-likeness (QED) is 0.921. The van der Waals surface area contributed by atoms with E-state index in [1.165, 1.54) is 0 Å². The molecule has 0 spiro atoms. The van der Waals surface area contributed by atoms with Crippen LogP contribution in [0.4, 0.5) is 5.95 Å². The molecule has 0 atom stereocenters. The summed E-state index contributed by atoms with van der Waals surface area (Å²) in [5.74, 6) is 0.250. The van der Waals surface area contributed by atoms with Gasteiger partial charge in [0.1, 0.15) is 0 Å². The molecule has 0 aliphatic rings. The monoisotopic (exact) mass is 290 g/mol. The molecule has 0 aliphatic carbocycles. The van der Waals surface area contributed by atoms with E-state index in [0.717, 1.165) is 0 Å². The van der Waals surface area contributed by atoms with Crippen LogP contribution in [0.1, 0.15) is 0 Å². The molecule has 0 fully saturated rings. The molecule has 2 aromatic heterocycles. The Hall–Kier alpha value is -1.08. The lowest BCUT2D eigenvalue weighted by Crippen LogP contribution is -2.09. The van der Waals surface area contributed by atoms with Crippen LogP contribution in [0, 0.1) is 0 Å². The van der Waals surface area contributed by atoms with E-state index in [9.17, 15) is 0 Å². The van der Waals surface area contributed by atoms with Crippen LogP contribution < -0.4 is 5.73 Å². The summed E-state index contributed by atoms with van der Waals surface area (Å²) in [6.07, 6.45) is 3.34. The van der Waals surface area contributed by atoms with Gasteiger partial charge in [-0.25, -0.2) is 4.68 Å². The lowest BCUT2D eigenvalue weighted by Gasteiger charge is -2.01. The molecule has 2 rings (SSSR count). The SMILES string of the molecule is Nc1nc(Br)n(CCn2cc(Cl)cn2)n1. The third-order valence-electron chi connectivity index (χ3n) is 1.79. The van der Waals surface area contributed by atoms with E-state index in [1.54, 1.807) is 21.8 Å². The number of aromatic nitrogens is 5. The predicted octanol–water partition coefficient (Wildman–Crippen LogP) is 1.17. The van der Waals surface area contributed by atoms with Gasteiger partial charge < -0.3 is 5.73 Å². The number of nitrogens with zero attached hydrogens (tertiary/aromatic N) is 5. The standard InChI is InChI=1S/C7H8BrClN6/c8-6-12-7(10)13-15(6)2-1-14-4-5(9)3-11-14/h3-4H,1-2H2,(H2,10,13). The zero-order valence-corrected chi connectivity index (χ0v) is 9.98. The molecule has 0 unspecified atom stereocenters. The van der Waals surface area contributed by atoms with Gasteiger partial charge in [0, 0.05) is 6.20 Å². The molecule has 6 nitrogen and oxygen atoms in total. The summed E-state index contributed by atoms with van der Waals surface area (Å²) in [5.41, 5.74) is 5.44. The Labute approximate surface area is 99.2 Å². The molecule has 0 saturated carbocycles. The number of nitrogens with two attached hydrogens (primary N) is 1. The fourth-order valence-corrected chi connectivity index (χ4v) is 1.73. The average Bonchev–Trinajstić information content (AvgIpc) is 2.70. The Morgan fingerprint density at radius 1 is 1.47 bits per heavy atom. The molecule has 8 heteroatoms. The van der Waals surface area contributed by atoms with E-state index >= 15 is 0 Å². The maximum Gasteiger partial charge on any atom is 0.240 e. The van der Waals surface area contributed by atoms with Gasteiger partial charge in [-0.2, -0.15) is 10.1 Å². The van der Waals surface area contributed by atoms with Crippen molar-refractivity contribution in [2.45, 2.75) is 13.1 Å². The number of halogens is 2. The Kier molecular flexibility index (Phi) is 2.92. The summed E-state index contributed by atoms with van der Waals surface area (Å²) in [5, 5.41) is 8.66. The average molecular weight is 292 g/mol. The number of anilines is 1. The summed E-state index contributed by atoms with van der Waals surface area (Å²) in [7, 11) is 0. The second kappa shape index (κ2) is 4.19. The van der Waals surface area contributed by atoms with Crippen molar-refractivity contribution in [2.24, 2.45) is 0 Å². The summed E-state index contributed by atoms with van der Waals surface area (Å²) < 4.78 is 4.00. The third kappa shape index (κ3) is 2.48. The molecule has 0 aromatic carbocycles. The van der Waals surface area contributed by atoms with Crippen LogP contribution in [-0.2, 0) is 13.1 Å². The van der Waals surface area contributed by atoms with Gasteiger partial charge in [-0.15, -0.1) is 5.10 Å². The number of hydrogen-bond donors (Lipinski definition) is 1. The van der Waals surface area contributed by atoms with Crippen molar-refractivity contribution in [1.82, 2.24) is 24.5 Å². The molecule has 0 aliphatic heterocycles. The summed E-state index contributed by atoms with van der Waals surface area (Å²) in [6, 6.07) is 0. The minimum absolute atomic E-state index is 0.250.